The van der Waals surface area contributed by atoms with Crippen LogP contribution in [0, 0.1) is 6.92 Å². The maximum absolute atomic E-state index is 12.9. The SMILES string of the molecule is CCC[C@@H](C[C@@H](C)NC(=O)c1ccc(NC)c(C)c1)N1Cc2cnc(Nc3cccc(OC)c3)nc2C1. The number of fused-ring (bicyclic) bond motifs is 1. The van der Waals surface area contributed by atoms with Gasteiger partial charge < -0.3 is 20.7 Å². The molecule has 1 aliphatic rings. The largest absolute Gasteiger partial charge is 0.497 e. The van der Waals surface area contributed by atoms with Crippen LogP contribution in [0.4, 0.5) is 17.3 Å². The fourth-order valence-electron chi connectivity index (χ4n) is 4.97. The number of ether oxygens (including phenoxy) is 1. The molecule has 196 valence electrons. The molecule has 2 atom stereocenters. The minimum absolute atomic E-state index is 0.0302. The molecule has 0 unspecified atom stereocenters. The van der Waals surface area contributed by atoms with E-state index in [1.807, 2.05) is 62.6 Å². The van der Waals surface area contributed by atoms with Crippen LogP contribution in [-0.2, 0) is 13.1 Å². The Morgan fingerprint density at radius 3 is 2.76 bits per heavy atom. The average Bonchev–Trinajstić information content (AvgIpc) is 3.32. The van der Waals surface area contributed by atoms with E-state index in [1.165, 1.54) is 0 Å². The number of amides is 1. The summed E-state index contributed by atoms with van der Waals surface area (Å²) in [6.07, 6.45) is 4.95. The Hall–Kier alpha value is -3.65. The molecule has 8 nitrogen and oxygen atoms in total. The first-order chi connectivity index (χ1) is 17.9. The molecule has 8 heteroatoms. The van der Waals surface area contributed by atoms with Crippen molar-refractivity contribution in [2.75, 3.05) is 24.8 Å². The second kappa shape index (κ2) is 12.1. The highest BCUT2D eigenvalue weighted by Gasteiger charge is 2.28. The van der Waals surface area contributed by atoms with Crippen LogP contribution in [0.5, 0.6) is 5.75 Å². The van der Waals surface area contributed by atoms with Crippen molar-refractivity contribution in [3.63, 3.8) is 0 Å². The van der Waals surface area contributed by atoms with Gasteiger partial charge in [-0.15, -0.1) is 0 Å². The zero-order valence-electron chi connectivity index (χ0n) is 22.5. The highest BCUT2D eigenvalue weighted by Crippen LogP contribution is 2.28. The van der Waals surface area contributed by atoms with Crippen molar-refractivity contribution in [2.45, 2.75) is 65.2 Å². The lowest BCUT2D eigenvalue weighted by atomic mass is 10.0. The molecule has 0 bridgehead atoms. The number of carbonyl (C=O) groups is 1. The molecule has 0 aliphatic carbocycles. The molecule has 1 aromatic heterocycles. The van der Waals surface area contributed by atoms with Crippen LogP contribution < -0.4 is 20.7 Å². The number of hydrogen-bond donors (Lipinski definition) is 3. The number of benzene rings is 2. The summed E-state index contributed by atoms with van der Waals surface area (Å²) in [6.45, 7) is 7.91. The van der Waals surface area contributed by atoms with E-state index >= 15 is 0 Å². The van der Waals surface area contributed by atoms with Gasteiger partial charge in [0, 0.05) is 67.0 Å². The van der Waals surface area contributed by atoms with Crippen LogP contribution in [0.3, 0.4) is 0 Å². The van der Waals surface area contributed by atoms with E-state index in [9.17, 15) is 4.79 Å². The van der Waals surface area contributed by atoms with Crippen molar-refractivity contribution in [1.29, 1.82) is 0 Å². The van der Waals surface area contributed by atoms with Crippen LogP contribution in [0.2, 0.25) is 0 Å². The van der Waals surface area contributed by atoms with Crippen molar-refractivity contribution in [1.82, 2.24) is 20.2 Å². The molecule has 4 rings (SSSR count). The molecule has 1 aliphatic heterocycles. The van der Waals surface area contributed by atoms with Gasteiger partial charge in [0.15, 0.2) is 0 Å². The molecule has 2 aromatic carbocycles. The van der Waals surface area contributed by atoms with Crippen molar-refractivity contribution in [3.05, 3.63) is 71.0 Å². The third kappa shape index (κ3) is 6.57. The minimum atomic E-state index is -0.0302. The van der Waals surface area contributed by atoms with Crippen LogP contribution in [0.25, 0.3) is 0 Å². The standard InChI is InChI=1S/C29H38N6O2/c1-6-8-24(14-20(3)32-28(36)21-11-12-26(30-4)19(2)13-21)35-17-22-16-31-29(34-27(22)18-35)33-23-9-7-10-25(15-23)37-5/h7,9-13,15-16,20,24,30H,6,8,14,17-18H2,1-5H3,(H,32,36)(H,31,33,34)/t20-,24+/m1/s1. The quantitative estimate of drug-likeness (QED) is 0.329. The number of carbonyl (C=O) groups excluding carboxylic acids is 1. The highest BCUT2D eigenvalue weighted by atomic mass is 16.5. The molecule has 1 amide bonds. The lowest BCUT2D eigenvalue weighted by Gasteiger charge is -2.30. The number of anilines is 3. The van der Waals surface area contributed by atoms with Gasteiger partial charge in [-0.1, -0.05) is 19.4 Å². The number of aromatic nitrogens is 2. The number of rotatable bonds is 11. The molecule has 0 saturated carbocycles. The summed E-state index contributed by atoms with van der Waals surface area (Å²) >= 11 is 0. The third-order valence-corrected chi connectivity index (χ3v) is 6.91. The van der Waals surface area contributed by atoms with Gasteiger partial charge in [-0.2, -0.15) is 0 Å². The molecule has 3 N–H and O–H groups in total. The van der Waals surface area contributed by atoms with Crippen molar-refractivity contribution in [2.24, 2.45) is 0 Å². The van der Waals surface area contributed by atoms with Crippen LogP contribution in [0.1, 0.15) is 60.3 Å². The van der Waals surface area contributed by atoms with Crippen molar-refractivity contribution >= 4 is 23.2 Å². The summed E-state index contributed by atoms with van der Waals surface area (Å²) in [5, 5.41) is 9.64. The Balaban J connectivity index is 1.38. The van der Waals surface area contributed by atoms with E-state index < -0.39 is 0 Å². The first-order valence-corrected chi connectivity index (χ1v) is 13.0. The van der Waals surface area contributed by atoms with E-state index in [4.69, 9.17) is 9.72 Å². The van der Waals surface area contributed by atoms with E-state index in [1.54, 1.807) is 7.11 Å². The second-order valence-electron chi connectivity index (χ2n) is 9.76. The Bertz CT molecular complexity index is 1230. The van der Waals surface area contributed by atoms with Gasteiger partial charge in [0.05, 0.1) is 12.8 Å². The fraction of sp³-hybridized carbons (Fsp3) is 0.414. The lowest BCUT2D eigenvalue weighted by Crippen LogP contribution is -2.40. The topological polar surface area (TPSA) is 91.4 Å². The number of methoxy groups -OCH3 is 1. The fourth-order valence-corrected chi connectivity index (χ4v) is 4.97. The molecule has 37 heavy (non-hydrogen) atoms. The zero-order valence-corrected chi connectivity index (χ0v) is 22.5. The van der Waals surface area contributed by atoms with E-state index in [0.717, 1.165) is 66.3 Å². The van der Waals surface area contributed by atoms with Gasteiger partial charge in [0.25, 0.3) is 5.91 Å². The second-order valence-corrected chi connectivity index (χ2v) is 9.76. The molecule has 0 fully saturated rings. The first kappa shape index (κ1) is 26.4. The van der Waals surface area contributed by atoms with Crippen molar-refractivity contribution in [3.8, 4) is 5.75 Å². The number of hydrogen-bond acceptors (Lipinski definition) is 7. The van der Waals surface area contributed by atoms with Gasteiger partial charge in [-0.05, 0) is 62.6 Å². The molecule has 2 heterocycles. The maximum atomic E-state index is 12.9. The van der Waals surface area contributed by atoms with Gasteiger partial charge in [-0.25, -0.2) is 9.97 Å². The molecule has 0 radical (unpaired) electrons. The summed E-state index contributed by atoms with van der Waals surface area (Å²) in [7, 11) is 3.54. The van der Waals surface area contributed by atoms with E-state index in [0.29, 0.717) is 17.6 Å². The van der Waals surface area contributed by atoms with Gasteiger partial charge >= 0.3 is 0 Å². The van der Waals surface area contributed by atoms with E-state index in [-0.39, 0.29) is 11.9 Å². The smallest absolute Gasteiger partial charge is 0.251 e. The average molecular weight is 503 g/mol. The summed E-state index contributed by atoms with van der Waals surface area (Å²) in [6, 6.07) is 13.9. The predicted octanol–water partition coefficient (Wildman–Crippen LogP) is 5.27. The normalized spacial score (nSPS) is 14.5. The lowest BCUT2D eigenvalue weighted by molar-refractivity contribution is 0.0923. The Morgan fingerprint density at radius 2 is 2.03 bits per heavy atom. The molecule has 0 saturated heterocycles. The minimum Gasteiger partial charge on any atom is -0.497 e. The third-order valence-electron chi connectivity index (χ3n) is 6.91. The van der Waals surface area contributed by atoms with Gasteiger partial charge in [0.1, 0.15) is 5.75 Å². The monoisotopic (exact) mass is 502 g/mol. The summed E-state index contributed by atoms with van der Waals surface area (Å²) < 4.78 is 5.31. The summed E-state index contributed by atoms with van der Waals surface area (Å²) in [4.78, 5) is 24.7. The van der Waals surface area contributed by atoms with Crippen LogP contribution in [-0.4, -0.2) is 47.0 Å². The van der Waals surface area contributed by atoms with Crippen molar-refractivity contribution < 1.29 is 9.53 Å². The number of nitrogens with zero attached hydrogens (tertiary/aromatic N) is 3. The summed E-state index contributed by atoms with van der Waals surface area (Å²) in [5.41, 5.74) is 5.88. The highest BCUT2D eigenvalue weighted by molar-refractivity contribution is 5.95. The first-order valence-electron chi connectivity index (χ1n) is 13.0. The maximum Gasteiger partial charge on any atom is 0.251 e. The van der Waals surface area contributed by atoms with Gasteiger partial charge in [-0.3, -0.25) is 9.69 Å². The molecule has 3 aromatic rings. The Labute approximate surface area is 219 Å². The van der Waals surface area contributed by atoms with E-state index in [2.05, 4.69) is 39.7 Å². The zero-order chi connectivity index (χ0) is 26.4. The number of aryl methyl sites for hydroxylation is 1. The predicted molar refractivity (Wildman–Crippen MR) is 149 cm³/mol. The summed E-state index contributed by atoms with van der Waals surface area (Å²) in [5.74, 6) is 1.34. The van der Waals surface area contributed by atoms with Crippen LogP contribution in [0.15, 0.2) is 48.7 Å². The molecule has 0 spiro atoms. The Kier molecular flexibility index (Phi) is 8.61. The van der Waals surface area contributed by atoms with Gasteiger partial charge in [0.2, 0.25) is 5.95 Å². The Morgan fingerprint density at radius 1 is 1.19 bits per heavy atom. The molecular weight excluding hydrogens is 464 g/mol. The number of nitrogens with one attached hydrogen (secondary N) is 3. The van der Waals surface area contributed by atoms with Crippen LogP contribution >= 0.6 is 0 Å². The molecular formula is C29H38N6O2.